The molecule has 0 fully saturated rings. The van der Waals surface area contributed by atoms with Gasteiger partial charge in [0, 0.05) is 18.3 Å². The lowest BCUT2D eigenvalue weighted by Gasteiger charge is -2.09. The van der Waals surface area contributed by atoms with E-state index < -0.39 is 10.0 Å². The highest BCUT2D eigenvalue weighted by Gasteiger charge is 2.19. The molecule has 1 aromatic heterocycles. The fraction of sp³-hybridized carbons (Fsp3) is 0.167. The van der Waals surface area contributed by atoms with Crippen LogP contribution in [-0.2, 0) is 16.6 Å². The lowest BCUT2D eigenvalue weighted by molar-refractivity contribution is 0.598. The quantitative estimate of drug-likeness (QED) is 0.809. The Kier molecular flexibility index (Phi) is 4.50. The van der Waals surface area contributed by atoms with Gasteiger partial charge in [0.05, 0.1) is 17.0 Å². The molecule has 0 spiro atoms. The summed E-state index contributed by atoms with van der Waals surface area (Å²) in [4.78, 5) is 4.02. The largest absolute Gasteiger partial charge is 0.389 e. The van der Waals surface area contributed by atoms with E-state index in [1.54, 1.807) is 10.6 Å². The van der Waals surface area contributed by atoms with Gasteiger partial charge in [0.2, 0.25) is 0 Å². The van der Waals surface area contributed by atoms with Gasteiger partial charge in [-0.25, -0.2) is 4.98 Å². The Bertz CT molecular complexity index is 786. The van der Waals surface area contributed by atoms with Crippen LogP contribution in [0.4, 0.5) is 5.69 Å². The van der Waals surface area contributed by atoms with E-state index in [1.165, 1.54) is 24.7 Å². The summed E-state index contributed by atoms with van der Waals surface area (Å²) in [6, 6.07) is 4.63. The first kappa shape index (κ1) is 15.7. The fourth-order valence-electron chi connectivity index (χ4n) is 1.61. The third kappa shape index (κ3) is 3.52. The van der Waals surface area contributed by atoms with Crippen LogP contribution in [-0.4, -0.2) is 23.0 Å². The minimum absolute atomic E-state index is 0.0823. The molecule has 0 bridgehead atoms. The molecule has 0 radical (unpaired) electrons. The summed E-state index contributed by atoms with van der Waals surface area (Å²) in [5.74, 6) is 0. The number of nitrogens with zero attached hydrogens (tertiary/aromatic N) is 2. The number of hydrogen-bond donors (Lipinski definition) is 2. The first-order valence-electron chi connectivity index (χ1n) is 5.97. The van der Waals surface area contributed by atoms with Gasteiger partial charge in [-0.2, -0.15) is 8.42 Å². The van der Waals surface area contributed by atoms with Crippen LogP contribution in [0, 0.1) is 0 Å². The molecule has 0 aliphatic carbocycles. The molecule has 0 unspecified atom stereocenters. The first-order chi connectivity index (χ1) is 9.83. The summed E-state index contributed by atoms with van der Waals surface area (Å²) in [6.45, 7) is 2.51. The summed E-state index contributed by atoms with van der Waals surface area (Å²) in [6.07, 6.45) is 2.88. The Morgan fingerprint density at radius 3 is 2.81 bits per heavy atom. The van der Waals surface area contributed by atoms with Gasteiger partial charge in [-0.1, -0.05) is 29.9 Å². The summed E-state index contributed by atoms with van der Waals surface area (Å²) in [5.41, 5.74) is 6.25. The Morgan fingerprint density at radius 2 is 2.24 bits per heavy atom. The molecule has 2 aromatic rings. The Labute approximate surface area is 133 Å². The van der Waals surface area contributed by atoms with E-state index in [0.717, 1.165) is 0 Å². The number of anilines is 1. The van der Waals surface area contributed by atoms with E-state index >= 15 is 0 Å². The third-order valence-corrected chi connectivity index (χ3v) is 4.56. The van der Waals surface area contributed by atoms with Crippen molar-refractivity contribution in [3.63, 3.8) is 0 Å². The number of sulfonamides is 1. The predicted molar refractivity (Wildman–Crippen MR) is 86.0 cm³/mol. The molecule has 0 aliphatic heterocycles. The van der Waals surface area contributed by atoms with Gasteiger partial charge in [0.25, 0.3) is 10.0 Å². The van der Waals surface area contributed by atoms with Crippen molar-refractivity contribution in [2.45, 2.75) is 18.5 Å². The molecule has 1 aromatic carbocycles. The predicted octanol–water partition coefficient (Wildman–Crippen LogP) is 1.99. The van der Waals surface area contributed by atoms with Crippen LogP contribution in [0.3, 0.4) is 0 Å². The molecular formula is C12H13ClN4O2S2. The maximum absolute atomic E-state index is 12.3. The zero-order chi connectivity index (χ0) is 15.6. The number of rotatable bonds is 5. The van der Waals surface area contributed by atoms with Crippen LogP contribution in [0.1, 0.15) is 12.5 Å². The zero-order valence-corrected chi connectivity index (χ0v) is 13.5. The maximum Gasteiger partial charge on any atom is 0.280 e. The van der Waals surface area contributed by atoms with Gasteiger partial charge < -0.3 is 10.3 Å². The van der Waals surface area contributed by atoms with Crippen LogP contribution in [0.15, 0.2) is 35.7 Å². The van der Waals surface area contributed by atoms with Gasteiger partial charge in [-0.3, -0.25) is 4.72 Å². The molecule has 0 amide bonds. The summed E-state index contributed by atoms with van der Waals surface area (Å²) >= 11 is 10.9. The van der Waals surface area contributed by atoms with E-state index in [1.807, 2.05) is 6.92 Å². The van der Waals surface area contributed by atoms with Gasteiger partial charge in [-0.15, -0.1) is 0 Å². The highest BCUT2D eigenvalue weighted by molar-refractivity contribution is 7.92. The molecule has 0 saturated carbocycles. The SMILES string of the molecule is CCn1cnc(S(=O)(=O)Nc2cc(C(N)=S)ccc2Cl)c1. The number of imidazole rings is 1. The lowest BCUT2D eigenvalue weighted by Crippen LogP contribution is -2.15. The molecule has 9 heteroatoms. The Balaban J connectivity index is 2.36. The van der Waals surface area contributed by atoms with E-state index in [9.17, 15) is 8.42 Å². The lowest BCUT2D eigenvalue weighted by atomic mass is 10.2. The molecule has 6 nitrogen and oxygen atoms in total. The first-order valence-corrected chi connectivity index (χ1v) is 8.24. The van der Waals surface area contributed by atoms with Crippen LogP contribution < -0.4 is 10.5 Å². The van der Waals surface area contributed by atoms with Gasteiger partial charge in [-0.05, 0) is 19.1 Å². The van der Waals surface area contributed by atoms with Crippen LogP contribution in [0.5, 0.6) is 0 Å². The smallest absolute Gasteiger partial charge is 0.280 e. The normalized spacial score (nSPS) is 11.3. The highest BCUT2D eigenvalue weighted by Crippen LogP contribution is 2.25. The topological polar surface area (TPSA) is 90.0 Å². The number of aryl methyl sites for hydroxylation is 1. The minimum Gasteiger partial charge on any atom is -0.389 e. The highest BCUT2D eigenvalue weighted by atomic mass is 35.5. The number of benzene rings is 1. The van der Waals surface area contributed by atoms with Gasteiger partial charge >= 0.3 is 0 Å². The van der Waals surface area contributed by atoms with Crippen molar-refractivity contribution in [2.24, 2.45) is 5.73 Å². The number of nitrogens with two attached hydrogens (primary N) is 1. The monoisotopic (exact) mass is 344 g/mol. The second-order valence-electron chi connectivity index (χ2n) is 4.21. The standard InChI is InChI=1S/C12H13ClN4O2S2/c1-2-17-6-11(15-7-17)21(18,19)16-10-5-8(12(14)20)3-4-9(10)13/h3-7,16H,2H2,1H3,(H2,14,20). The van der Waals surface area contributed by atoms with Crippen LogP contribution >= 0.6 is 23.8 Å². The maximum atomic E-state index is 12.3. The summed E-state index contributed by atoms with van der Waals surface area (Å²) in [5, 5.41) is 0.162. The second kappa shape index (κ2) is 6.00. The number of halogens is 1. The Morgan fingerprint density at radius 1 is 1.52 bits per heavy atom. The van der Waals surface area contributed by atoms with Crippen molar-refractivity contribution in [1.29, 1.82) is 0 Å². The molecule has 112 valence electrons. The van der Waals surface area contributed by atoms with Crippen molar-refractivity contribution in [2.75, 3.05) is 4.72 Å². The number of nitrogens with one attached hydrogen (secondary N) is 1. The van der Waals surface area contributed by atoms with Crippen LogP contribution in [0.25, 0.3) is 0 Å². The molecule has 3 N–H and O–H groups in total. The average molecular weight is 345 g/mol. The summed E-state index contributed by atoms with van der Waals surface area (Å²) in [7, 11) is -3.82. The molecule has 0 saturated heterocycles. The average Bonchev–Trinajstić information content (AvgIpc) is 2.90. The number of aromatic nitrogens is 2. The number of thiocarbonyl (C=S) groups is 1. The molecule has 2 rings (SSSR count). The molecular weight excluding hydrogens is 332 g/mol. The molecule has 21 heavy (non-hydrogen) atoms. The van der Waals surface area contributed by atoms with E-state index in [-0.39, 0.29) is 20.7 Å². The van der Waals surface area contributed by atoms with Crippen molar-refractivity contribution >= 4 is 44.5 Å². The van der Waals surface area contributed by atoms with Gasteiger partial charge in [0.15, 0.2) is 5.03 Å². The van der Waals surface area contributed by atoms with Crippen molar-refractivity contribution in [3.05, 3.63) is 41.3 Å². The van der Waals surface area contributed by atoms with Crippen molar-refractivity contribution in [1.82, 2.24) is 9.55 Å². The van der Waals surface area contributed by atoms with E-state index in [4.69, 9.17) is 29.6 Å². The van der Waals surface area contributed by atoms with Crippen LogP contribution in [0.2, 0.25) is 5.02 Å². The van der Waals surface area contributed by atoms with Crippen molar-refractivity contribution < 1.29 is 8.42 Å². The van der Waals surface area contributed by atoms with Crippen molar-refractivity contribution in [3.8, 4) is 0 Å². The minimum atomic E-state index is -3.82. The second-order valence-corrected chi connectivity index (χ2v) is 6.68. The third-order valence-electron chi connectivity index (χ3n) is 2.75. The summed E-state index contributed by atoms with van der Waals surface area (Å²) < 4.78 is 28.5. The number of hydrogen-bond acceptors (Lipinski definition) is 4. The molecule has 0 aliphatic rings. The van der Waals surface area contributed by atoms with Gasteiger partial charge in [0.1, 0.15) is 4.99 Å². The van der Waals surface area contributed by atoms with E-state index in [2.05, 4.69) is 9.71 Å². The fourth-order valence-corrected chi connectivity index (χ4v) is 2.98. The molecule has 0 atom stereocenters. The van der Waals surface area contributed by atoms with E-state index in [0.29, 0.717) is 12.1 Å². The Hall–Kier alpha value is -1.64. The zero-order valence-electron chi connectivity index (χ0n) is 11.1. The molecule has 1 heterocycles.